The molecular formula is C8H14N2O2S. The number of thiazole rings is 1. The van der Waals surface area contributed by atoms with Gasteiger partial charge < -0.3 is 10.2 Å². The van der Waals surface area contributed by atoms with Crippen molar-refractivity contribution in [2.24, 2.45) is 0 Å². The summed E-state index contributed by atoms with van der Waals surface area (Å²) in [4.78, 5) is 6.11. The zero-order valence-corrected chi connectivity index (χ0v) is 8.20. The highest BCUT2D eigenvalue weighted by molar-refractivity contribution is 7.09. The lowest BCUT2D eigenvalue weighted by atomic mass is 10.4. The predicted octanol–water partition coefficient (Wildman–Crippen LogP) is -0.0703. The minimum atomic E-state index is 0.116. The zero-order valence-electron chi connectivity index (χ0n) is 7.39. The molecule has 0 amide bonds. The zero-order chi connectivity index (χ0) is 9.52. The Morgan fingerprint density at radius 1 is 1.31 bits per heavy atom. The molecule has 0 aliphatic rings. The van der Waals surface area contributed by atoms with Crippen LogP contribution in [0.5, 0.6) is 0 Å². The van der Waals surface area contributed by atoms with Gasteiger partial charge in [0.05, 0.1) is 19.8 Å². The lowest BCUT2D eigenvalue weighted by molar-refractivity contribution is 0.156. The fourth-order valence-electron chi connectivity index (χ4n) is 1.08. The van der Waals surface area contributed by atoms with Crippen LogP contribution in [0.2, 0.25) is 0 Å². The molecule has 1 heterocycles. The third-order valence-corrected chi connectivity index (χ3v) is 2.44. The van der Waals surface area contributed by atoms with Gasteiger partial charge in [0.2, 0.25) is 0 Å². The summed E-state index contributed by atoms with van der Waals surface area (Å²) in [6.07, 6.45) is 1.76. The summed E-state index contributed by atoms with van der Waals surface area (Å²) in [5.41, 5.74) is 0. The average Bonchev–Trinajstić information content (AvgIpc) is 2.58. The normalized spacial score (nSPS) is 11.0. The summed E-state index contributed by atoms with van der Waals surface area (Å²) in [5, 5.41) is 20.4. The van der Waals surface area contributed by atoms with Crippen molar-refractivity contribution in [3.63, 3.8) is 0 Å². The van der Waals surface area contributed by atoms with Gasteiger partial charge in [0.1, 0.15) is 5.01 Å². The molecule has 4 nitrogen and oxygen atoms in total. The highest BCUT2D eigenvalue weighted by atomic mass is 32.1. The molecule has 0 spiro atoms. The second-order valence-corrected chi connectivity index (χ2v) is 3.63. The first-order valence-corrected chi connectivity index (χ1v) is 5.07. The molecule has 0 radical (unpaired) electrons. The molecular weight excluding hydrogens is 188 g/mol. The fourth-order valence-corrected chi connectivity index (χ4v) is 1.73. The molecule has 0 bridgehead atoms. The molecule has 0 aromatic carbocycles. The molecule has 0 aliphatic carbocycles. The van der Waals surface area contributed by atoms with Crippen molar-refractivity contribution < 1.29 is 10.2 Å². The van der Waals surface area contributed by atoms with E-state index in [0.29, 0.717) is 19.6 Å². The number of nitrogens with zero attached hydrogens (tertiary/aromatic N) is 2. The lowest BCUT2D eigenvalue weighted by Crippen LogP contribution is -2.29. The van der Waals surface area contributed by atoms with Crippen molar-refractivity contribution in [2.45, 2.75) is 6.54 Å². The van der Waals surface area contributed by atoms with Crippen molar-refractivity contribution in [2.75, 3.05) is 26.3 Å². The molecule has 5 heteroatoms. The molecule has 1 aromatic heterocycles. The summed E-state index contributed by atoms with van der Waals surface area (Å²) in [6.45, 7) is 2.11. The summed E-state index contributed by atoms with van der Waals surface area (Å²) in [6, 6.07) is 0. The molecule has 0 fully saturated rings. The topological polar surface area (TPSA) is 56.6 Å². The van der Waals surface area contributed by atoms with Crippen molar-refractivity contribution in [3.8, 4) is 0 Å². The van der Waals surface area contributed by atoms with E-state index in [1.54, 1.807) is 17.5 Å². The maximum atomic E-state index is 8.75. The van der Waals surface area contributed by atoms with Crippen LogP contribution in [0.3, 0.4) is 0 Å². The van der Waals surface area contributed by atoms with Crippen LogP contribution in [0.25, 0.3) is 0 Å². The monoisotopic (exact) mass is 202 g/mol. The average molecular weight is 202 g/mol. The Balaban J connectivity index is 2.37. The number of aliphatic hydroxyl groups is 2. The minimum Gasteiger partial charge on any atom is -0.395 e. The van der Waals surface area contributed by atoms with Crippen LogP contribution in [-0.2, 0) is 6.54 Å². The Hall–Kier alpha value is -0.490. The lowest BCUT2D eigenvalue weighted by Gasteiger charge is -2.18. The van der Waals surface area contributed by atoms with Crippen LogP contribution in [0.1, 0.15) is 5.01 Å². The molecule has 0 aliphatic heterocycles. The standard InChI is InChI=1S/C8H14N2O2S/c11-4-2-10(3-5-12)7-8-9-1-6-13-8/h1,6,11-12H,2-5,7H2. The number of aromatic nitrogens is 1. The summed E-state index contributed by atoms with van der Waals surface area (Å²) in [7, 11) is 0. The largest absolute Gasteiger partial charge is 0.395 e. The molecule has 1 aromatic rings. The second kappa shape index (κ2) is 6.04. The van der Waals surface area contributed by atoms with E-state index < -0.39 is 0 Å². The van der Waals surface area contributed by atoms with Gasteiger partial charge in [-0.15, -0.1) is 11.3 Å². The summed E-state index contributed by atoms with van der Waals surface area (Å²) in [5.74, 6) is 0. The molecule has 2 N–H and O–H groups in total. The van der Waals surface area contributed by atoms with E-state index in [1.165, 1.54) is 0 Å². The number of aliphatic hydroxyl groups excluding tert-OH is 2. The Morgan fingerprint density at radius 3 is 2.46 bits per heavy atom. The first-order chi connectivity index (χ1) is 6.36. The van der Waals surface area contributed by atoms with E-state index in [2.05, 4.69) is 4.98 Å². The maximum Gasteiger partial charge on any atom is 0.107 e. The Morgan fingerprint density at radius 2 is 2.00 bits per heavy atom. The van der Waals surface area contributed by atoms with E-state index >= 15 is 0 Å². The number of hydrogen-bond donors (Lipinski definition) is 2. The van der Waals surface area contributed by atoms with Gasteiger partial charge in [-0.25, -0.2) is 4.98 Å². The van der Waals surface area contributed by atoms with E-state index in [4.69, 9.17) is 10.2 Å². The molecule has 0 atom stereocenters. The molecule has 0 saturated carbocycles. The van der Waals surface area contributed by atoms with Crippen LogP contribution in [0.15, 0.2) is 11.6 Å². The SMILES string of the molecule is OCCN(CCO)Cc1nccs1. The van der Waals surface area contributed by atoms with E-state index in [1.807, 2.05) is 10.3 Å². The third kappa shape index (κ3) is 3.82. The van der Waals surface area contributed by atoms with Gasteiger partial charge in [-0.1, -0.05) is 0 Å². The second-order valence-electron chi connectivity index (χ2n) is 2.65. The van der Waals surface area contributed by atoms with Crippen LogP contribution in [0, 0.1) is 0 Å². The number of rotatable bonds is 6. The van der Waals surface area contributed by atoms with Gasteiger partial charge in [-0.3, -0.25) is 4.90 Å². The van der Waals surface area contributed by atoms with Gasteiger partial charge >= 0.3 is 0 Å². The summed E-state index contributed by atoms with van der Waals surface area (Å²) >= 11 is 1.59. The Labute approximate surface area is 81.5 Å². The molecule has 1 rings (SSSR count). The van der Waals surface area contributed by atoms with Crippen LogP contribution in [-0.4, -0.2) is 46.4 Å². The fraction of sp³-hybridized carbons (Fsp3) is 0.625. The first kappa shape index (κ1) is 10.6. The van der Waals surface area contributed by atoms with E-state index in [0.717, 1.165) is 5.01 Å². The van der Waals surface area contributed by atoms with Crippen molar-refractivity contribution in [1.82, 2.24) is 9.88 Å². The van der Waals surface area contributed by atoms with Crippen LogP contribution < -0.4 is 0 Å². The van der Waals surface area contributed by atoms with Gasteiger partial charge in [-0.05, 0) is 0 Å². The molecule has 0 saturated heterocycles. The van der Waals surface area contributed by atoms with Crippen LogP contribution >= 0.6 is 11.3 Å². The smallest absolute Gasteiger partial charge is 0.107 e. The first-order valence-electron chi connectivity index (χ1n) is 4.19. The predicted molar refractivity (Wildman–Crippen MR) is 51.6 cm³/mol. The van der Waals surface area contributed by atoms with E-state index in [-0.39, 0.29) is 13.2 Å². The molecule has 13 heavy (non-hydrogen) atoms. The van der Waals surface area contributed by atoms with Crippen molar-refractivity contribution in [1.29, 1.82) is 0 Å². The van der Waals surface area contributed by atoms with Gasteiger partial charge in [-0.2, -0.15) is 0 Å². The van der Waals surface area contributed by atoms with E-state index in [9.17, 15) is 0 Å². The number of hydrogen-bond acceptors (Lipinski definition) is 5. The minimum absolute atomic E-state index is 0.116. The third-order valence-electron chi connectivity index (χ3n) is 1.67. The maximum absolute atomic E-state index is 8.75. The van der Waals surface area contributed by atoms with Gasteiger partial charge in [0.15, 0.2) is 0 Å². The quantitative estimate of drug-likeness (QED) is 0.678. The summed E-state index contributed by atoms with van der Waals surface area (Å²) < 4.78 is 0. The molecule has 74 valence electrons. The Kier molecular flexibility index (Phi) is 4.92. The molecule has 0 unspecified atom stereocenters. The van der Waals surface area contributed by atoms with Crippen molar-refractivity contribution >= 4 is 11.3 Å². The Bertz CT molecular complexity index is 210. The highest BCUT2D eigenvalue weighted by Gasteiger charge is 2.05. The van der Waals surface area contributed by atoms with Crippen LogP contribution in [0.4, 0.5) is 0 Å². The van der Waals surface area contributed by atoms with Crippen molar-refractivity contribution in [3.05, 3.63) is 16.6 Å². The highest BCUT2D eigenvalue weighted by Crippen LogP contribution is 2.07. The van der Waals surface area contributed by atoms with Gasteiger partial charge in [0, 0.05) is 24.7 Å². The van der Waals surface area contributed by atoms with Gasteiger partial charge in [0.25, 0.3) is 0 Å².